The van der Waals surface area contributed by atoms with Crippen molar-refractivity contribution in [1.82, 2.24) is 4.98 Å². The maximum atomic E-state index is 13.3. The number of fused-ring (bicyclic) bond motifs is 1. The van der Waals surface area contributed by atoms with E-state index in [-0.39, 0.29) is 10.3 Å². The van der Waals surface area contributed by atoms with Gasteiger partial charge in [-0.05, 0) is 55.5 Å². The zero-order valence-corrected chi connectivity index (χ0v) is 20.9. The Labute approximate surface area is 194 Å². The molecule has 0 aliphatic carbocycles. The summed E-state index contributed by atoms with van der Waals surface area (Å²) >= 11 is 1.59. The van der Waals surface area contributed by atoms with Crippen LogP contribution in [0, 0.1) is 20.8 Å². The quantitative estimate of drug-likeness (QED) is 0.354. The van der Waals surface area contributed by atoms with Gasteiger partial charge >= 0.3 is 0 Å². The third-order valence-electron chi connectivity index (χ3n) is 5.55. The van der Waals surface area contributed by atoms with Crippen molar-refractivity contribution in [3.8, 4) is 11.1 Å². The van der Waals surface area contributed by atoms with E-state index in [1.165, 1.54) is 0 Å². The third-order valence-corrected chi connectivity index (χ3v) is 7.93. The number of aryl methyl sites for hydroxylation is 3. The molecule has 0 aliphatic heterocycles. The summed E-state index contributed by atoms with van der Waals surface area (Å²) in [6.07, 6.45) is 0. The van der Waals surface area contributed by atoms with Crippen LogP contribution in [0.4, 0.5) is 5.69 Å². The predicted octanol–water partition coefficient (Wildman–Crippen LogP) is 6.99. The van der Waals surface area contributed by atoms with E-state index in [1.54, 1.807) is 23.5 Å². The van der Waals surface area contributed by atoms with Crippen LogP contribution in [-0.4, -0.2) is 13.4 Å². The number of aromatic nitrogens is 1. The largest absolute Gasteiger partial charge is 0.279 e. The lowest BCUT2D eigenvalue weighted by atomic mass is 9.87. The minimum atomic E-state index is -3.75. The molecule has 0 saturated carbocycles. The number of anilines is 1. The normalized spacial score (nSPS) is 12.3. The van der Waals surface area contributed by atoms with Gasteiger partial charge in [0.25, 0.3) is 10.0 Å². The number of pyridine rings is 1. The second-order valence-electron chi connectivity index (χ2n) is 9.27. The number of thiophene rings is 1. The highest BCUT2D eigenvalue weighted by molar-refractivity contribution is 7.92. The molecule has 1 N–H and O–H groups in total. The molecule has 4 nitrogen and oxygen atoms in total. The maximum absolute atomic E-state index is 13.3. The van der Waals surface area contributed by atoms with Gasteiger partial charge in [0, 0.05) is 21.5 Å². The van der Waals surface area contributed by atoms with Gasteiger partial charge < -0.3 is 0 Å². The van der Waals surface area contributed by atoms with Crippen molar-refractivity contribution in [2.24, 2.45) is 0 Å². The summed E-state index contributed by atoms with van der Waals surface area (Å²) in [7, 11) is -3.75. The smallest absolute Gasteiger partial charge is 0.261 e. The molecule has 0 unspecified atom stereocenters. The van der Waals surface area contributed by atoms with E-state index in [2.05, 4.69) is 57.5 Å². The molecule has 2 aromatic carbocycles. The van der Waals surface area contributed by atoms with E-state index in [4.69, 9.17) is 4.98 Å². The fraction of sp³-hybridized carbons (Fsp3) is 0.269. The monoisotopic (exact) mass is 464 g/mol. The Balaban J connectivity index is 1.84. The summed E-state index contributed by atoms with van der Waals surface area (Å²) in [4.78, 5) is 6.88. The van der Waals surface area contributed by atoms with Crippen LogP contribution in [0.3, 0.4) is 0 Å². The van der Waals surface area contributed by atoms with Crippen molar-refractivity contribution in [2.75, 3.05) is 4.72 Å². The van der Waals surface area contributed by atoms with Gasteiger partial charge in [-0.2, -0.15) is 0 Å². The summed E-state index contributed by atoms with van der Waals surface area (Å²) in [5, 5.41) is 0.846. The van der Waals surface area contributed by atoms with E-state index < -0.39 is 10.0 Å². The second-order valence-corrected chi connectivity index (χ2v) is 12.2. The topological polar surface area (TPSA) is 59.1 Å². The van der Waals surface area contributed by atoms with Crippen LogP contribution >= 0.6 is 11.3 Å². The number of benzene rings is 2. The minimum absolute atomic E-state index is 0.0407. The Kier molecular flexibility index (Phi) is 5.63. The van der Waals surface area contributed by atoms with E-state index in [0.29, 0.717) is 5.69 Å². The van der Waals surface area contributed by atoms with Crippen LogP contribution in [0.2, 0.25) is 0 Å². The fourth-order valence-electron chi connectivity index (χ4n) is 3.90. The van der Waals surface area contributed by atoms with E-state index in [1.807, 2.05) is 31.2 Å². The Morgan fingerprint density at radius 1 is 0.938 bits per heavy atom. The number of sulfonamides is 1. The fourth-order valence-corrected chi connectivity index (χ4v) is 6.08. The van der Waals surface area contributed by atoms with Crippen molar-refractivity contribution >= 4 is 37.3 Å². The number of hydrogen-bond acceptors (Lipinski definition) is 4. The van der Waals surface area contributed by atoms with Crippen LogP contribution in [-0.2, 0) is 15.4 Å². The lowest BCUT2D eigenvalue weighted by molar-refractivity contribution is 0.587. The van der Waals surface area contributed by atoms with E-state index in [0.717, 1.165) is 43.0 Å². The summed E-state index contributed by atoms with van der Waals surface area (Å²) in [5.41, 5.74) is 5.64. The SMILES string of the molecule is Cc1cccc(-c2c(C)sc3nc(C)cc(NS(=O)(=O)c4ccc(C(C)(C)C)cc4)c23)c1. The molecule has 0 atom stereocenters. The molecular formula is C26H28N2O2S2. The molecule has 0 bridgehead atoms. The lowest BCUT2D eigenvalue weighted by Crippen LogP contribution is -2.15. The molecule has 4 rings (SSSR count). The van der Waals surface area contributed by atoms with Crippen molar-refractivity contribution in [3.63, 3.8) is 0 Å². The van der Waals surface area contributed by atoms with Crippen molar-refractivity contribution < 1.29 is 8.42 Å². The molecule has 0 radical (unpaired) electrons. The minimum Gasteiger partial charge on any atom is -0.279 e. The molecule has 2 aromatic heterocycles. The first-order valence-corrected chi connectivity index (χ1v) is 12.9. The number of hydrogen-bond donors (Lipinski definition) is 1. The average molecular weight is 465 g/mol. The number of nitrogens with one attached hydrogen (secondary N) is 1. The van der Waals surface area contributed by atoms with Gasteiger partial charge in [-0.15, -0.1) is 11.3 Å². The summed E-state index contributed by atoms with van der Waals surface area (Å²) in [5.74, 6) is 0. The van der Waals surface area contributed by atoms with Gasteiger partial charge in [-0.25, -0.2) is 13.4 Å². The van der Waals surface area contributed by atoms with Crippen molar-refractivity contribution in [2.45, 2.75) is 51.9 Å². The molecule has 2 heterocycles. The zero-order chi connectivity index (χ0) is 23.3. The van der Waals surface area contributed by atoms with E-state index >= 15 is 0 Å². The molecule has 6 heteroatoms. The van der Waals surface area contributed by atoms with Gasteiger partial charge in [0.15, 0.2) is 0 Å². The molecule has 0 aliphatic rings. The van der Waals surface area contributed by atoms with Gasteiger partial charge in [0.2, 0.25) is 0 Å². The lowest BCUT2D eigenvalue weighted by Gasteiger charge is -2.19. The maximum Gasteiger partial charge on any atom is 0.261 e. The van der Waals surface area contributed by atoms with Crippen molar-refractivity contribution in [3.05, 3.63) is 76.3 Å². The highest BCUT2D eigenvalue weighted by Gasteiger charge is 2.22. The van der Waals surface area contributed by atoms with Gasteiger partial charge in [-0.3, -0.25) is 4.72 Å². The highest BCUT2D eigenvalue weighted by Crippen LogP contribution is 2.42. The third kappa shape index (κ3) is 4.30. The van der Waals surface area contributed by atoms with Gasteiger partial charge in [0.05, 0.1) is 10.6 Å². The Hall–Kier alpha value is -2.70. The standard InChI is InChI=1S/C26H28N2O2S2/c1-16-8-7-9-19(14-16)23-18(3)31-25-24(23)22(15-17(2)27-25)28-32(29,30)21-12-10-20(11-13-21)26(4,5)6/h7-15H,1-6H3,(H,27,28). The predicted molar refractivity (Wildman–Crippen MR) is 135 cm³/mol. The Bertz CT molecular complexity index is 1410. The summed E-state index contributed by atoms with van der Waals surface area (Å²) in [6.45, 7) is 12.3. The molecule has 0 fully saturated rings. The average Bonchev–Trinajstić information content (AvgIpc) is 3.03. The summed E-state index contributed by atoms with van der Waals surface area (Å²) in [6, 6.07) is 17.2. The molecule has 0 spiro atoms. The van der Waals surface area contributed by atoms with Gasteiger partial charge in [-0.1, -0.05) is 62.7 Å². The molecule has 0 amide bonds. The van der Waals surface area contributed by atoms with Crippen LogP contribution in [0.1, 0.15) is 42.5 Å². The van der Waals surface area contributed by atoms with Gasteiger partial charge in [0.1, 0.15) is 4.83 Å². The Morgan fingerprint density at radius 2 is 1.62 bits per heavy atom. The van der Waals surface area contributed by atoms with Crippen molar-refractivity contribution in [1.29, 1.82) is 0 Å². The van der Waals surface area contributed by atoms with Crippen LogP contribution in [0.5, 0.6) is 0 Å². The number of nitrogens with zero attached hydrogens (tertiary/aromatic N) is 1. The Morgan fingerprint density at radius 3 is 2.25 bits per heavy atom. The molecule has 4 aromatic rings. The highest BCUT2D eigenvalue weighted by atomic mass is 32.2. The van der Waals surface area contributed by atoms with Crippen LogP contribution in [0.15, 0.2) is 59.5 Å². The molecular weight excluding hydrogens is 436 g/mol. The second kappa shape index (κ2) is 8.01. The first kappa shape index (κ1) is 22.5. The zero-order valence-electron chi connectivity index (χ0n) is 19.3. The first-order chi connectivity index (χ1) is 15.0. The van der Waals surface area contributed by atoms with E-state index in [9.17, 15) is 8.42 Å². The molecule has 0 saturated heterocycles. The summed E-state index contributed by atoms with van der Waals surface area (Å²) < 4.78 is 29.4. The van der Waals surface area contributed by atoms with Crippen LogP contribution < -0.4 is 4.72 Å². The first-order valence-electron chi connectivity index (χ1n) is 10.6. The molecule has 32 heavy (non-hydrogen) atoms. The number of rotatable bonds is 4. The van der Waals surface area contributed by atoms with Crippen LogP contribution in [0.25, 0.3) is 21.3 Å². The molecule has 166 valence electrons.